The van der Waals surface area contributed by atoms with Crippen LogP contribution in [0.25, 0.3) is 10.2 Å². The number of piperidine rings is 1. The maximum absolute atomic E-state index is 13.2. The van der Waals surface area contributed by atoms with Gasteiger partial charge < -0.3 is 9.30 Å². The maximum atomic E-state index is 13.2. The number of sulfonamides is 1. The van der Waals surface area contributed by atoms with Crippen molar-refractivity contribution in [3.05, 3.63) is 52.8 Å². The van der Waals surface area contributed by atoms with E-state index in [0.29, 0.717) is 29.2 Å². The fraction of sp³-hybridized carbons (Fsp3) is 0.440. The molecule has 0 N–H and O–H groups in total. The van der Waals surface area contributed by atoms with Crippen molar-refractivity contribution in [2.45, 2.75) is 55.0 Å². The molecule has 2 aromatic carbocycles. The van der Waals surface area contributed by atoms with Crippen molar-refractivity contribution >= 4 is 47.3 Å². The van der Waals surface area contributed by atoms with E-state index in [-0.39, 0.29) is 21.4 Å². The molecular weight excluding hydrogens is 534 g/mol. The van der Waals surface area contributed by atoms with Crippen LogP contribution < -0.4 is 4.80 Å². The van der Waals surface area contributed by atoms with Crippen molar-refractivity contribution in [2.75, 3.05) is 26.5 Å². The second-order valence-corrected chi connectivity index (χ2v) is 14.0. The second kappa shape index (κ2) is 11.2. The molecule has 1 aliphatic heterocycles. The Hall–Kier alpha value is -2.38. The van der Waals surface area contributed by atoms with E-state index in [1.54, 1.807) is 23.5 Å². The molecule has 9 nitrogen and oxygen atoms in total. The van der Waals surface area contributed by atoms with Crippen molar-refractivity contribution in [3.8, 4) is 0 Å². The number of amides is 1. The summed E-state index contributed by atoms with van der Waals surface area (Å²) in [6.45, 7) is 3.30. The van der Waals surface area contributed by atoms with E-state index in [9.17, 15) is 21.6 Å². The predicted octanol–water partition coefficient (Wildman–Crippen LogP) is 3.45. The lowest BCUT2D eigenvalue weighted by atomic mass is 10.0. The van der Waals surface area contributed by atoms with E-state index in [1.807, 2.05) is 11.5 Å². The summed E-state index contributed by atoms with van der Waals surface area (Å²) in [4.78, 5) is 18.1. The van der Waals surface area contributed by atoms with Gasteiger partial charge in [-0.1, -0.05) is 24.7 Å². The highest BCUT2D eigenvalue weighted by molar-refractivity contribution is 7.90. The third-order valence-electron chi connectivity index (χ3n) is 6.55. The van der Waals surface area contributed by atoms with Gasteiger partial charge in [0.15, 0.2) is 14.6 Å². The molecule has 12 heteroatoms. The lowest BCUT2D eigenvalue weighted by Crippen LogP contribution is -2.43. The highest BCUT2D eigenvalue weighted by atomic mass is 32.2. The Morgan fingerprint density at radius 3 is 2.43 bits per heavy atom. The zero-order chi connectivity index (χ0) is 26.8. The van der Waals surface area contributed by atoms with Crippen LogP contribution >= 0.6 is 11.3 Å². The summed E-state index contributed by atoms with van der Waals surface area (Å²) in [6.07, 6.45) is 4.63. The van der Waals surface area contributed by atoms with Gasteiger partial charge in [-0.15, -0.1) is 0 Å². The number of ether oxygens (including phenoxy) is 1. The SMILES string of the molecule is CCC1CCCCN1S(=O)(=O)c1ccc(C(=O)N=c2sc3cc(S(C)(=O)=O)ccc3n2CCOC)cc1. The Morgan fingerprint density at radius 1 is 1.08 bits per heavy atom. The first-order valence-electron chi connectivity index (χ1n) is 12.1. The average molecular weight is 566 g/mol. The number of rotatable bonds is 8. The number of benzene rings is 2. The van der Waals surface area contributed by atoms with Crippen LogP contribution in [-0.2, 0) is 31.1 Å². The number of aromatic nitrogens is 1. The van der Waals surface area contributed by atoms with Crippen molar-refractivity contribution in [3.63, 3.8) is 0 Å². The molecule has 2 heterocycles. The standard InChI is InChI=1S/C25H31N3O6S3/c1-4-19-7-5-6-14-28(19)37(32,33)20-10-8-18(9-11-20)24(29)26-25-27(15-16-34-2)22-13-12-21(36(3,30)31)17-23(22)35-25/h8-13,17,19H,4-7,14-16H2,1-3H3. The number of carbonyl (C=O) groups excluding carboxylic acids is 1. The number of nitrogens with zero attached hydrogens (tertiary/aromatic N) is 3. The van der Waals surface area contributed by atoms with E-state index in [4.69, 9.17) is 4.74 Å². The largest absolute Gasteiger partial charge is 0.383 e. The van der Waals surface area contributed by atoms with E-state index >= 15 is 0 Å². The van der Waals surface area contributed by atoms with Crippen LogP contribution in [-0.4, -0.2) is 64.2 Å². The Morgan fingerprint density at radius 2 is 1.78 bits per heavy atom. The van der Waals surface area contributed by atoms with Gasteiger partial charge in [0.2, 0.25) is 10.0 Å². The highest BCUT2D eigenvalue weighted by Crippen LogP contribution is 2.27. The topological polar surface area (TPSA) is 115 Å². The van der Waals surface area contributed by atoms with Gasteiger partial charge in [0.05, 0.1) is 26.6 Å². The maximum Gasteiger partial charge on any atom is 0.279 e. The lowest BCUT2D eigenvalue weighted by Gasteiger charge is -2.34. The van der Waals surface area contributed by atoms with Crippen molar-refractivity contribution in [1.82, 2.24) is 8.87 Å². The molecule has 0 radical (unpaired) electrons. The van der Waals surface area contributed by atoms with Gasteiger partial charge in [0.25, 0.3) is 5.91 Å². The van der Waals surface area contributed by atoms with Crippen molar-refractivity contribution in [1.29, 1.82) is 0 Å². The zero-order valence-corrected chi connectivity index (χ0v) is 23.5. The van der Waals surface area contributed by atoms with Crippen LogP contribution in [0.3, 0.4) is 0 Å². The first-order valence-corrected chi connectivity index (χ1v) is 16.2. The summed E-state index contributed by atoms with van der Waals surface area (Å²) in [6, 6.07) is 10.7. The fourth-order valence-corrected chi connectivity index (χ4v) is 8.11. The number of thiazole rings is 1. The van der Waals surface area contributed by atoms with E-state index in [1.165, 1.54) is 41.7 Å². The smallest absolute Gasteiger partial charge is 0.279 e. The minimum Gasteiger partial charge on any atom is -0.383 e. The summed E-state index contributed by atoms with van der Waals surface area (Å²) < 4.78 is 59.7. The number of hydrogen-bond acceptors (Lipinski definition) is 7. The van der Waals surface area contributed by atoms with Gasteiger partial charge in [-0.3, -0.25) is 4.79 Å². The Kier molecular flexibility index (Phi) is 8.34. The molecule has 1 atom stereocenters. The molecule has 0 aliphatic carbocycles. The molecule has 0 bridgehead atoms. The lowest BCUT2D eigenvalue weighted by molar-refractivity contribution is 0.0997. The quantitative estimate of drug-likeness (QED) is 0.413. The Bertz CT molecular complexity index is 1570. The number of sulfone groups is 1. The van der Waals surface area contributed by atoms with Gasteiger partial charge in [0, 0.05) is 38.1 Å². The van der Waals surface area contributed by atoms with Crippen LogP contribution in [0, 0.1) is 0 Å². The third kappa shape index (κ3) is 5.88. The minimum atomic E-state index is -3.65. The zero-order valence-electron chi connectivity index (χ0n) is 21.1. The third-order valence-corrected chi connectivity index (χ3v) is 10.7. The average Bonchev–Trinajstić information content (AvgIpc) is 3.22. The Labute approximate surface area is 221 Å². The summed E-state index contributed by atoms with van der Waals surface area (Å²) in [5, 5.41) is 0. The van der Waals surface area contributed by atoms with Crippen LogP contribution in [0.2, 0.25) is 0 Å². The van der Waals surface area contributed by atoms with E-state index in [0.717, 1.165) is 37.5 Å². The molecule has 4 rings (SSSR count). The van der Waals surface area contributed by atoms with E-state index < -0.39 is 25.8 Å². The molecule has 0 saturated carbocycles. The number of fused-ring (bicyclic) bond motifs is 1. The van der Waals surface area contributed by atoms with Crippen LogP contribution in [0.15, 0.2) is 57.2 Å². The summed E-state index contributed by atoms with van der Waals surface area (Å²) in [5.74, 6) is -0.519. The van der Waals surface area contributed by atoms with Crippen LogP contribution in [0.4, 0.5) is 0 Å². The molecule has 3 aromatic rings. The molecular formula is C25H31N3O6S3. The number of carbonyl (C=O) groups is 1. The van der Waals surface area contributed by atoms with Gasteiger partial charge in [-0.2, -0.15) is 9.30 Å². The molecule has 0 spiro atoms. The molecule has 37 heavy (non-hydrogen) atoms. The van der Waals surface area contributed by atoms with Gasteiger partial charge in [-0.05, 0) is 61.7 Å². The second-order valence-electron chi connectivity index (χ2n) is 9.05. The first kappa shape index (κ1) is 27.6. The summed E-state index contributed by atoms with van der Waals surface area (Å²) in [7, 11) is -5.47. The van der Waals surface area contributed by atoms with Crippen molar-refractivity contribution in [2.24, 2.45) is 4.99 Å². The molecule has 1 fully saturated rings. The molecule has 1 saturated heterocycles. The predicted molar refractivity (Wildman–Crippen MR) is 143 cm³/mol. The van der Waals surface area contributed by atoms with E-state index in [2.05, 4.69) is 4.99 Å². The highest BCUT2D eigenvalue weighted by Gasteiger charge is 2.32. The molecule has 1 aromatic heterocycles. The molecule has 1 aliphatic rings. The summed E-state index contributed by atoms with van der Waals surface area (Å²) in [5.41, 5.74) is 1.01. The Balaban J connectivity index is 1.68. The van der Waals surface area contributed by atoms with Crippen LogP contribution in [0.1, 0.15) is 43.0 Å². The monoisotopic (exact) mass is 565 g/mol. The first-order chi connectivity index (χ1) is 17.6. The van der Waals surface area contributed by atoms with Crippen LogP contribution in [0.5, 0.6) is 0 Å². The molecule has 1 amide bonds. The number of hydrogen-bond donors (Lipinski definition) is 0. The van der Waals surface area contributed by atoms with Gasteiger partial charge >= 0.3 is 0 Å². The summed E-state index contributed by atoms with van der Waals surface area (Å²) >= 11 is 1.21. The van der Waals surface area contributed by atoms with Crippen molar-refractivity contribution < 1.29 is 26.4 Å². The minimum absolute atomic E-state index is 0.00576. The van der Waals surface area contributed by atoms with Gasteiger partial charge in [0.1, 0.15) is 0 Å². The molecule has 200 valence electrons. The fourth-order valence-electron chi connectivity index (χ4n) is 4.52. The van der Waals surface area contributed by atoms with Gasteiger partial charge in [-0.25, -0.2) is 16.8 Å². The number of methoxy groups -OCH3 is 1. The normalized spacial score (nSPS) is 17.9. The molecule has 1 unspecified atom stereocenters.